The smallest absolute Gasteiger partial charge is 0.128 e. The maximum Gasteiger partial charge on any atom is 0.128 e. The van der Waals surface area contributed by atoms with Gasteiger partial charge < -0.3 is 29.9 Å². The summed E-state index contributed by atoms with van der Waals surface area (Å²) in [6.45, 7) is 7.21. The first-order valence-electron chi connectivity index (χ1n) is 15.3. The first kappa shape index (κ1) is 31.1. The molecule has 0 saturated carbocycles. The van der Waals surface area contributed by atoms with Gasteiger partial charge >= 0.3 is 0 Å². The molecule has 0 spiro atoms. The molecular formula is C41H36O6. The Labute approximate surface area is 274 Å². The highest BCUT2D eigenvalue weighted by Gasteiger charge is 2.27. The third kappa shape index (κ3) is 6.58. The van der Waals surface area contributed by atoms with Gasteiger partial charge in [0.1, 0.15) is 46.0 Å². The molecule has 6 heteroatoms. The first-order chi connectivity index (χ1) is 22.6. The standard InChI is InChI=1S/C41H36O6/c1-24-18-31(14-16-37(24)42)46-33-20-26(3)40(44)35(22-33)39(30-12-10-29(11-13-30)28-8-6-5-7-9-28)36-23-34(21-27(4)41(36)45)47-32-15-17-38(43)25(2)19-32/h5-23,39,42-45H,1-4H3. The SMILES string of the molecule is Cc1cc(Oc2cc(C)c(O)c(C(c3ccc(-c4ccccc4)cc3)c3cc(Oc4ccc(O)c(C)c4)cc(C)c3O)c2)ccc1O. The third-order valence-electron chi connectivity index (χ3n) is 8.39. The van der Waals surface area contributed by atoms with E-state index in [1.807, 2.05) is 42.5 Å². The maximum atomic E-state index is 11.6. The average molecular weight is 625 g/mol. The summed E-state index contributed by atoms with van der Waals surface area (Å²) >= 11 is 0. The zero-order valence-corrected chi connectivity index (χ0v) is 26.7. The van der Waals surface area contributed by atoms with Gasteiger partial charge in [0.15, 0.2) is 0 Å². The molecule has 0 atom stereocenters. The van der Waals surface area contributed by atoms with E-state index >= 15 is 0 Å². The molecule has 0 saturated heterocycles. The Morgan fingerprint density at radius 2 is 0.851 bits per heavy atom. The largest absolute Gasteiger partial charge is 0.508 e. The fourth-order valence-corrected chi connectivity index (χ4v) is 5.78. The summed E-state index contributed by atoms with van der Waals surface area (Å²) in [7, 11) is 0. The summed E-state index contributed by atoms with van der Waals surface area (Å²) < 4.78 is 12.5. The number of aryl methyl sites for hydroxylation is 4. The van der Waals surface area contributed by atoms with Crippen molar-refractivity contribution in [2.75, 3.05) is 0 Å². The Kier molecular flexibility index (Phi) is 8.51. The average Bonchev–Trinajstić information content (AvgIpc) is 3.06. The van der Waals surface area contributed by atoms with Crippen LogP contribution in [0.1, 0.15) is 44.9 Å². The fraction of sp³-hybridized carbons (Fsp3) is 0.122. The molecule has 236 valence electrons. The molecule has 0 heterocycles. The number of ether oxygens (including phenoxy) is 2. The lowest BCUT2D eigenvalue weighted by Crippen LogP contribution is -2.07. The number of benzene rings is 6. The van der Waals surface area contributed by atoms with Crippen molar-refractivity contribution in [1.82, 2.24) is 0 Å². The van der Waals surface area contributed by atoms with Crippen molar-refractivity contribution in [1.29, 1.82) is 0 Å². The molecule has 0 aromatic heterocycles. The van der Waals surface area contributed by atoms with E-state index in [1.54, 1.807) is 88.4 Å². The molecule has 0 bridgehead atoms. The number of aromatic hydroxyl groups is 4. The zero-order valence-electron chi connectivity index (χ0n) is 26.7. The Morgan fingerprint density at radius 1 is 0.426 bits per heavy atom. The second-order valence-electron chi connectivity index (χ2n) is 11.9. The zero-order chi connectivity index (χ0) is 33.2. The molecule has 0 amide bonds. The van der Waals surface area contributed by atoms with Crippen molar-refractivity contribution in [2.45, 2.75) is 33.6 Å². The van der Waals surface area contributed by atoms with Crippen molar-refractivity contribution in [3.05, 3.63) is 154 Å². The van der Waals surface area contributed by atoms with Crippen LogP contribution in [0.4, 0.5) is 0 Å². The lowest BCUT2D eigenvalue weighted by molar-refractivity contribution is 0.442. The van der Waals surface area contributed by atoms with E-state index in [-0.39, 0.29) is 23.0 Å². The molecule has 6 rings (SSSR count). The van der Waals surface area contributed by atoms with Crippen molar-refractivity contribution in [3.63, 3.8) is 0 Å². The number of hydrogen-bond acceptors (Lipinski definition) is 6. The highest BCUT2D eigenvalue weighted by molar-refractivity contribution is 5.66. The second-order valence-corrected chi connectivity index (χ2v) is 11.9. The van der Waals surface area contributed by atoms with E-state index in [0.29, 0.717) is 56.4 Å². The molecule has 6 aromatic rings. The van der Waals surface area contributed by atoms with Crippen molar-refractivity contribution in [3.8, 4) is 57.1 Å². The number of hydrogen-bond donors (Lipinski definition) is 4. The minimum atomic E-state index is -0.618. The highest BCUT2D eigenvalue weighted by atomic mass is 16.5. The molecule has 4 N–H and O–H groups in total. The third-order valence-corrected chi connectivity index (χ3v) is 8.39. The van der Waals surface area contributed by atoms with Gasteiger partial charge in [0, 0.05) is 17.0 Å². The van der Waals surface area contributed by atoms with Crippen LogP contribution < -0.4 is 9.47 Å². The summed E-state index contributed by atoms with van der Waals surface area (Å²) in [6, 6.07) is 35.3. The van der Waals surface area contributed by atoms with Gasteiger partial charge in [0.05, 0.1) is 0 Å². The van der Waals surface area contributed by atoms with Gasteiger partial charge in [0.2, 0.25) is 0 Å². The molecule has 6 nitrogen and oxygen atoms in total. The maximum absolute atomic E-state index is 11.6. The normalized spacial score (nSPS) is 11.1. The quantitative estimate of drug-likeness (QED) is 0.126. The van der Waals surface area contributed by atoms with Gasteiger partial charge in [-0.2, -0.15) is 0 Å². The van der Waals surface area contributed by atoms with Gasteiger partial charge in [-0.15, -0.1) is 0 Å². The van der Waals surface area contributed by atoms with E-state index < -0.39 is 5.92 Å². The Bertz CT molecular complexity index is 1960. The molecule has 0 aliphatic heterocycles. The topological polar surface area (TPSA) is 99.4 Å². The minimum Gasteiger partial charge on any atom is -0.508 e. The molecule has 0 radical (unpaired) electrons. The second kappa shape index (κ2) is 12.9. The van der Waals surface area contributed by atoms with Crippen LogP contribution in [-0.2, 0) is 0 Å². The van der Waals surface area contributed by atoms with Crippen molar-refractivity contribution in [2.24, 2.45) is 0 Å². The predicted molar refractivity (Wildman–Crippen MR) is 184 cm³/mol. The van der Waals surface area contributed by atoms with Gasteiger partial charge in [-0.25, -0.2) is 0 Å². The van der Waals surface area contributed by atoms with Crippen LogP contribution in [0.25, 0.3) is 11.1 Å². The summed E-state index contributed by atoms with van der Waals surface area (Å²) in [5.74, 6) is 1.96. The van der Waals surface area contributed by atoms with Crippen LogP contribution in [-0.4, -0.2) is 20.4 Å². The molecule has 0 aliphatic carbocycles. The Hall–Kier alpha value is -5.88. The van der Waals surface area contributed by atoms with E-state index in [4.69, 9.17) is 9.47 Å². The summed E-state index contributed by atoms with van der Waals surface area (Å²) in [5, 5.41) is 43.2. The Balaban J connectivity index is 1.50. The van der Waals surface area contributed by atoms with Gasteiger partial charge in [-0.05, 0) is 127 Å². The number of phenolic OH excluding ortho intramolecular Hbond substituents is 4. The molecule has 0 fully saturated rings. The monoisotopic (exact) mass is 624 g/mol. The van der Waals surface area contributed by atoms with Gasteiger partial charge in [-0.1, -0.05) is 54.6 Å². The van der Waals surface area contributed by atoms with E-state index in [1.165, 1.54) is 0 Å². The van der Waals surface area contributed by atoms with Crippen LogP contribution in [0.3, 0.4) is 0 Å². The summed E-state index contributed by atoms with van der Waals surface area (Å²) in [5.41, 5.74) is 6.58. The molecule has 6 aromatic carbocycles. The molecule has 0 unspecified atom stereocenters. The predicted octanol–water partition coefficient (Wildman–Crippen LogP) is 10.2. The fourth-order valence-electron chi connectivity index (χ4n) is 5.78. The summed E-state index contributed by atoms with van der Waals surface area (Å²) in [4.78, 5) is 0. The van der Waals surface area contributed by atoms with Crippen LogP contribution in [0.5, 0.6) is 46.0 Å². The van der Waals surface area contributed by atoms with E-state index in [2.05, 4.69) is 12.1 Å². The van der Waals surface area contributed by atoms with Crippen molar-refractivity contribution >= 4 is 0 Å². The van der Waals surface area contributed by atoms with Crippen LogP contribution in [0, 0.1) is 27.7 Å². The lowest BCUT2D eigenvalue weighted by Gasteiger charge is -2.24. The van der Waals surface area contributed by atoms with E-state index in [0.717, 1.165) is 16.7 Å². The number of rotatable bonds is 8. The van der Waals surface area contributed by atoms with E-state index in [9.17, 15) is 20.4 Å². The lowest BCUT2D eigenvalue weighted by atomic mass is 9.82. The summed E-state index contributed by atoms with van der Waals surface area (Å²) in [6.07, 6.45) is 0. The first-order valence-corrected chi connectivity index (χ1v) is 15.3. The van der Waals surface area contributed by atoms with Crippen LogP contribution in [0.2, 0.25) is 0 Å². The molecular weight excluding hydrogens is 588 g/mol. The van der Waals surface area contributed by atoms with Crippen LogP contribution in [0.15, 0.2) is 115 Å². The Morgan fingerprint density at radius 3 is 1.30 bits per heavy atom. The van der Waals surface area contributed by atoms with Gasteiger partial charge in [-0.3, -0.25) is 0 Å². The molecule has 47 heavy (non-hydrogen) atoms. The van der Waals surface area contributed by atoms with Crippen LogP contribution >= 0.6 is 0 Å². The highest BCUT2D eigenvalue weighted by Crippen LogP contribution is 2.46. The molecule has 0 aliphatic rings. The number of phenols is 4. The van der Waals surface area contributed by atoms with Gasteiger partial charge in [0.25, 0.3) is 0 Å². The minimum absolute atomic E-state index is 0.0777. The van der Waals surface area contributed by atoms with Crippen molar-refractivity contribution < 1.29 is 29.9 Å².